The van der Waals surface area contributed by atoms with Crippen molar-refractivity contribution in [2.75, 3.05) is 0 Å². The largest absolute Gasteiger partial charge is 0.480 e. The summed E-state index contributed by atoms with van der Waals surface area (Å²) in [4.78, 5) is 22.4. The molecule has 0 aliphatic rings. The van der Waals surface area contributed by atoms with E-state index < -0.39 is 17.3 Å². The summed E-state index contributed by atoms with van der Waals surface area (Å²) >= 11 is 0. The molecule has 1 rings (SSSR count). The molecule has 1 aromatic heterocycles. The van der Waals surface area contributed by atoms with Crippen LogP contribution in [-0.2, 0) is 16.1 Å². The van der Waals surface area contributed by atoms with E-state index in [0.717, 1.165) is 11.3 Å². The Morgan fingerprint density at radius 2 is 2.19 bits per heavy atom. The molecule has 0 aromatic carbocycles. The topological polar surface area (TPSA) is 95.1 Å². The summed E-state index contributed by atoms with van der Waals surface area (Å²) in [5.41, 5.74) is 0.278. The Balaban J connectivity index is 2.60. The first-order valence-corrected chi connectivity index (χ1v) is 4.86. The lowest BCUT2D eigenvalue weighted by molar-refractivity contribution is -0.153. The molecule has 88 valence electrons. The molecule has 0 saturated heterocycles. The van der Waals surface area contributed by atoms with Crippen molar-refractivity contribution < 1.29 is 14.7 Å². The molecule has 6 nitrogen and oxygen atoms in total. The normalized spacial score (nSPS) is 11.2. The fourth-order valence-corrected chi connectivity index (χ4v) is 1.05. The summed E-state index contributed by atoms with van der Waals surface area (Å²) in [5.74, 6) is -1.66. The van der Waals surface area contributed by atoms with Gasteiger partial charge in [-0.2, -0.15) is 5.10 Å². The molecule has 3 N–H and O–H groups in total. The predicted molar refractivity (Wildman–Crippen MR) is 56.6 cm³/mol. The van der Waals surface area contributed by atoms with Crippen molar-refractivity contribution in [2.24, 2.45) is 5.41 Å². The molecule has 0 spiro atoms. The second kappa shape index (κ2) is 4.34. The van der Waals surface area contributed by atoms with Gasteiger partial charge in [0.2, 0.25) is 5.91 Å². The average Bonchev–Trinajstić information content (AvgIpc) is 2.60. The molecule has 0 unspecified atom stereocenters. The molecule has 0 fully saturated rings. The molecule has 0 atom stereocenters. The maximum absolute atomic E-state index is 11.6. The van der Waals surface area contributed by atoms with Crippen molar-refractivity contribution in [1.29, 1.82) is 0 Å². The Morgan fingerprint density at radius 3 is 2.62 bits per heavy atom. The van der Waals surface area contributed by atoms with Crippen LogP contribution in [0.4, 0.5) is 0 Å². The van der Waals surface area contributed by atoms with Crippen LogP contribution in [0.3, 0.4) is 0 Å². The van der Waals surface area contributed by atoms with E-state index >= 15 is 0 Å². The number of aromatic amines is 1. The molecule has 0 aliphatic carbocycles. The number of nitrogens with zero attached hydrogens (tertiary/aromatic N) is 1. The molecule has 1 amide bonds. The lowest BCUT2D eigenvalue weighted by Crippen LogP contribution is -2.42. The first kappa shape index (κ1) is 12.2. The fraction of sp³-hybridized carbons (Fsp3) is 0.500. The minimum absolute atomic E-state index is 0.276. The van der Waals surface area contributed by atoms with Crippen molar-refractivity contribution in [3.63, 3.8) is 0 Å². The van der Waals surface area contributed by atoms with Gasteiger partial charge in [0, 0.05) is 17.8 Å². The SMILES string of the molecule is Cc1[nH]ncc1CNC(=O)C(C)(C)C(=O)O. The smallest absolute Gasteiger partial charge is 0.318 e. The number of nitrogens with one attached hydrogen (secondary N) is 2. The van der Waals surface area contributed by atoms with Gasteiger partial charge in [-0.25, -0.2) is 0 Å². The number of carboxylic acids is 1. The lowest BCUT2D eigenvalue weighted by atomic mass is 9.92. The van der Waals surface area contributed by atoms with Crippen molar-refractivity contribution in [3.05, 3.63) is 17.5 Å². The Labute approximate surface area is 93.1 Å². The Morgan fingerprint density at radius 1 is 1.56 bits per heavy atom. The molecule has 0 radical (unpaired) electrons. The van der Waals surface area contributed by atoms with Crippen LogP contribution in [0.15, 0.2) is 6.20 Å². The number of hydrogen-bond donors (Lipinski definition) is 3. The van der Waals surface area contributed by atoms with Gasteiger partial charge in [0.25, 0.3) is 0 Å². The number of aliphatic carboxylic acids is 1. The van der Waals surface area contributed by atoms with Crippen molar-refractivity contribution in [1.82, 2.24) is 15.5 Å². The van der Waals surface area contributed by atoms with Gasteiger partial charge in [-0.1, -0.05) is 0 Å². The number of carboxylic acid groups (broad SMARTS) is 1. The van der Waals surface area contributed by atoms with Crippen molar-refractivity contribution in [2.45, 2.75) is 27.3 Å². The van der Waals surface area contributed by atoms with Crippen LogP contribution < -0.4 is 5.32 Å². The maximum atomic E-state index is 11.6. The van der Waals surface area contributed by atoms with Crippen molar-refractivity contribution >= 4 is 11.9 Å². The van der Waals surface area contributed by atoms with Gasteiger partial charge in [0.05, 0.1) is 6.20 Å². The van der Waals surface area contributed by atoms with Gasteiger partial charge < -0.3 is 10.4 Å². The molecule has 16 heavy (non-hydrogen) atoms. The highest BCUT2D eigenvalue weighted by Gasteiger charge is 2.35. The zero-order chi connectivity index (χ0) is 12.3. The lowest BCUT2D eigenvalue weighted by Gasteiger charge is -2.18. The zero-order valence-electron chi connectivity index (χ0n) is 9.50. The summed E-state index contributed by atoms with van der Waals surface area (Å²) in [6.07, 6.45) is 1.60. The fourth-order valence-electron chi connectivity index (χ4n) is 1.05. The second-order valence-corrected chi connectivity index (χ2v) is 4.13. The maximum Gasteiger partial charge on any atom is 0.318 e. The second-order valence-electron chi connectivity index (χ2n) is 4.13. The highest BCUT2D eigenvalue weighted by Crippen LogP contribution is 2.15. The number of amides is 1. The molecule has 0 bridgehead atoms. The van der Waals surface area contributed by atoms with E-state index in [9.17, 15) is 9.59 Å². The highest BCUT2D eigenvalue weighted by molar-refractivity contribution is 6.00. The van der Waals surface area contributed by atoms with Crippen LogP contribution in [0.1, 0.15) is 25.1 Å². The van der Waals surface area contributed by atoms with Gasteiger partial charge >= 0.3 is 5.97 Å². The average molecular weight is 225 g/mol. The van der Waals surface area contributed by atoms with Crippen LogP contribution in [0, 0.1) is 12.3 Å². The number of hydrogen-bond acceptors (Lipinski definition) is 3. The van der Waals surface area contributed by atoms with E-state index in [-0.39, 0.29) is 6.54 Å². The molecule has 1 heterocycles. The summed E-state index contributed by atoms with van der Waals surface area (Å²) in [5, 5.41) is 18.0. The number of rotatable bonds is 4. The molecular formula is C10H15N3O3. The van der Waals surface area contributed by atoms with Gasteiger partial charge in [0.15, 0.2) is 0 Å². The van der Waals surface area contributed by atoms with Gasteiger partial charge in [-0.05, 0) is 20.8 Å². The minimum atomic E-state index is -1.42. The van der Waals surface area contributed by atoms with Gasteiger partial charge in [-0.3, -0.25) is 14.7 Å². The standard InChI is InChI=1S/C10H15N3O3/c1-6-7(5-12-13-6)4-11-8(14)10(2,3)9(15)16/h5H,4H2,1-3H3,(H,11,14)(H,12,13)(H,15,16). The first-order chi connectivity index (χ1) is 7.35. The van der Waals surface area contributed by atoms with E-state index in [1.54, 1.807) is 6.20 Å². The summed E-state index contributed by atoms with van der Waals surface area (Å²) in [6.45, 7) is 4.84. The third-order valence-electron chi connectivity index (χ3n) is 2.48. The Kier molecular flexibility index (Phi) is 3.31. The number of carbonyl (C=O) groups excluding carboxylic acids is 1. The van der Waals surface area contributed by atoms with Gasteiger partial charge in [0.1, 0.15) is 5.41 Å². The first-order valence-electron chi connectivity index (χ1n) is 4.86. The molecule has 0 aliphatic heterocycles. The summed E-state index contributed by atoms with van der Waals surface area (Å²) in [6, 6.07) is 0. The molecule has 1 aromatic rings. The number of carbonyl (C=O) groups is 2. The number of aryl methyl sites for hydroxylation is 1. The minimum Gasteiger partial charge on any atom is -0.480 e. The predicted octanol–water partition coefficient (Wildman–Crippen LogP) is 0.445. The van der Waals surface area contributed by atoms with E-state index in [0.29, 0.717) is 0 Å². The number of aromatic nitrogens is 2. The Bertz CT molecular complexity index is 409. The van der Waals surface area contributed by atoms with E-state index in [2.05, 4.69) is 15.5 Å². The Hall–Kier alpha value is -1.85. The third kappa shape index (κ3) is 2.39. The highest BCUT2D eigenvalue weighted by atomic mass is 16.4. The number of H-pyrrole nitrogens is 1. The van der Waals surface area contributed by atoms with Crippen LogP contribution in [-0.4, -0.2) is 27.2 Å². The van der Waals surface area contributed by atoms with Crippen molar-refractivity contribution in [3.8, 4) is 0 Å². The van der Waals surface area contributed by atoms with Crippen LogP contribution in [0.2, 0.25) is 0 Å². The zero-order valence-corrected chi connectivity index (χ0v) is 9.50. The van der Waals surface area contributed by atoms with Gasteiger partial charge in [-0.15, -0.1) is 0 Å². The quantitative estimate of drug-likeness (QED) is 0.648. The third-order valence-corrected chi connectivity index (χ3v) is 2.48. The monoisotopic (exact) mass is 225 g/mol. The summed E-state index contributed by atoms with van der Waals surface area (Å²) in [7, 11) is 0. The van der Waals surface area contributed by atoms with E-state index in [1.807, 2.05) is 6.92 Å². The van der Waals surface area contributed by atoms with Crippen LogP contribution >= 0.6 is 0 Å². The van der Waals surface area contributed by atoms with Crippen LogP contribution in [0.25, 0.3) is 0 Å². The van der Waals surface area contributed by atoms with Crippen LogP contribution in [0.5, 0.6) is 0 Å². The summed E-state index contributed by atoms with van der Waals surface area (Å²) < 4.78 is 0. The molecule has 6 heteroatoms. The van der Waals surface area contributed by atoms with E-state index in [4.69, 9.17) is 5.11 Å². The molecule has 0 saturated carbocycles. The van der Waals surface area contributed by atoms with E-state index in [1.165, 1.54) is 13.8 Å². The molecular weight excluding hydrogens is 210 g/mol.